The van der Waals surface area contributed by atoms with Gasteiger partial charge in [-0.05, 0) is 52.6 Å². The summed E-state index contributed by atoms with van der Waals surface area (Å²) in [5, 5.41) is 18.9. The van der Waals surface area contributed by atoms with Crippen molar-refractivity contribution in [3.63, 3.8) is 0 Å². The van der Waals surface area contributed by atoms with Crippen LogP contribution in [0, 0.1) is 10.8 Å². The lowest BCUT2D eigenvalue weighted by Crippen LogP contribution is -2.51. The van der Waals surface area contributed by atoms with Gasteiger partial charge < -0.3 is 21.7 Å². The molecule has 6 nitrogen and oxygen atoms in total. The molecule has 3 atom stereocenters. The first-order valence-electron chi connectivity index (χ1n) is 6.34. The predicted octanol–water partition coefficient (Wildman–Crippen LogP) is 3.48. The number of hydrogen-bond acceptors (Lipinski definition) is 4. The fraction of sp³-hybridized carbons (Fsp3) is 0.538. The second-order valence-electron chi connectivity index (χ2n) is 5.33. The maximum atomic E-state index is 11.6. The first-order chi connectivity index (χ1) is 10.3. The molecule has 0 saturated heterocycles. The molecule has 10 heteroatoms. The van der Waals surface area contributed by atoms with Gasteiger partial charge in [-0.15, -0.1) is 0 Å². The Morgan fingerprint density at radius 1 is 1.00 bits per heavy atom. The Hall–Kier alpha value is 0.260. The highest BCUT2D eigenvalue weighted by atomic mass is 79.9. The van der Waals surface area contributed by atoms with Crippen LogP contribution in [0.3, 0.4) is 0 Å². The third-order valence-electron chi connectivity index (χ3n) is 3.68. The van der Waals surface area contributed by atoms with E-state index in [2.05, 4.69) is 63.7 Å². The van der Waals surface area contributed by atoms with E-state index < -0.39 is 22.8 Å². The molecule has 1 rings (SSSR count). The maximum absolute atomic E-state index is 11.6. The number of hydrogen-bond donors (Lipinski definition) is 4. The zero-order valence-electron chi connectivity index (χ0n) is 12.7. The maximum Gasteiger partial charge on any atom is 0.315 e. The highest BCUT2D eigenvalue weighted by molar-refractivity contribution is 9.17. The molecule has 0 spiro atoms. The van der Waals surface area contributed by atoms with Gasteiger partial charge in [0.15, 0.2) is 0 Å². The summed E-state index contributed by atoms with van der Waals surface area (Å²) in [6.45, 7) is 5.20. The zero-order valence-corrected chi connectivity index (χ0v) is 19.0. The standard InChI is InChI=1S/C10H8Br4O4.C3H10N2/c1-9(7(15)16)5(13)3(11)4(12)6(14)10(9,2)8(17)18;1-3(5)2-4/h1-2H3,(H,15,16)(H,17,18);3H,2,4-5H2,1H3. The van der Waals surface area contributed by atoms with Crippen LogP contribution in [0.1, 0.15) is 20.8 Å². The summed E-state index contributed by atoms with van der Waals surface area (Å²) in [5.41, 5.74) is 6.95. The summed E-state index contributed by atoms with van der Waals surface area (Å²) < 4.78 is 1.47. The molecular weight excluding hydrogens is 568 g/mol. The number of carbonyl (C=O) groups is 2. The van der Waals surface area contributed by atoms with Gasteiger partial charge >= 0.3 is 11.9 Å². The molecule has 23 heavy (non-hydrogen) atoms. The largest absolute Gasteiger partial charge is 0.481 e. The van der Waals surface area contributed by atoms with Crippen molar-refractivity contribution in [3.8, 4) is 0 Å². The van der Waals surface area contributed by atoms with E-state index in [1.807, 2.05) is 6.92 Å². The second-order valence-corrected chi connectivity index (χ2v) is 8.50. The van der Waals surface area contributed by atoms with Gasteiger partial charge in [-0.25, -0.2) is 0 Å². The number of carboxylic acid groups (broad SMARTS) is 2. The minimum atomic E-state index is -1.63. The lowest BCUT2D eigenvalue weighted by Gasteiger charge is -2.43. The molecule has 1 aliphatic rings. The van der Waals surface area contributed by atoms with Crippen molar-refractivity contribution in [1.29, 1.82) is 0 Å². The quantitative estimate of drug-likeness (QED) is 0.402. The molecule has 0 fully saturated rings. The predicted molar refractivity (Wildman–Crippen MR) is 104 cm³/mol. The van der Waals surface area contributed by atoms with Crippen molar-refractivity contribution in [2.45, 2.75) is 26.8 Å². The van der Waals surface area contributed by atoms with Gasteiger partial charge in [0.1, 0.15) is 10.8 Å². The van der Waals surface area contributed by atoms with Crippen LogP contribution in [0.25, 0.3) is 0 Å². The van der Waals surface area contributed by atoms with Crippen molar-refractivity contribution >= 4 is 75.7 Å². The van der Waals surface area contributed by atoms with E-state index in [4.69, 9.17) is 11.5 Å². The molecule has 0 aromatic carbocycles. The number of allylic oxidation sites excluding steroid dienone is 2. The number of nitrogens with two attached hydrogens (primary N) is 2. The summed E-state index contributed by atoms with van der Waals surface area (Å²) in [6, 6.07) is 0.162. The smallest absolute Gasteiger partial charge is 0.315 e. The number of aliphatic carboxylic acids is 2. The summed E-state index contributed by atoms with van der Waals surface area (Å²) in [6.07, 6.45) is 0. The Labute approximate surface area is 168 Å². The molecule has 0 heterocycles. The van der Waals surface area contributed by atoms with Crippen molar-refractivity contribution in [2.24, 2.45) is 22.3 Å². The Kier molecular flexibility index (Phi) is 8.67. The molecule has 1 aliphatic carbocycles. The van der Waals surface area contributed by atoms with Gasteiger partial charge in [0.05, 0.1) is 0 Å². The molecule has 3 unspecified atom stereocenters. The van der Waals surface area contributed by atoms with Crippen molar-refractivity contribution in [3.05, 3.63) is 17.9 Å². The van der Waals surface area contributed by atoms with E-state index in [1.54, 1.807) is 0 Å². The third kappa shape index (κ3) is 4.09. The van der Waals surface area contributed by atoms with E-state index in [0.29, 0.717) is 15.5 Å². The third-order valence-corrected chi connectivity index (χ3v) is 9.24. The van der Waals surface area contributed by atoms with Gasteiger partial charge in [-0.1, -0.05) is 31.9 Å². The molecule has 0 aromatic rings. The van der Waals surface area contributed by atoms with Crippen molar-refractivity contribution in [2.75, 3.05) is 6.54 Å². The van der Waals surface area contributed by atoms with Crippen molar-refractivity contribution in [1.82, 2.24) is 0 Å². The molecule has 0 amide bonds. The molecule has 0 bridgehead atoms. The number of carboxylic acids is 2. The Balaban J connectivity index is 0.000000841. The van der Waals surface area contributed by atoms with Crippen LogP contribution in [-0.4, -0.2) is 34.7 Å². The van der Waals surface area contributed by atoms with Gasteiger partial charge in [-0.2, -0.15) is 0 Å². The zero-order chi connectivity index (χ0) is 18.7. The van der Waals surface area contributed by atoms with E-state index in [-0.39, 0.29) is 15.0 Å². The topological polar surface area (TPSA) is 127 Å². The van der Waals surface area contributed by atoms with Crippen LogP contribution >= 0.6 is 63.7 Å². The molecular formula is C13H18Br4N2O4. The fourth-order valence-electron chi connectivity index (χ4n) is 1.69. The molecule has 0 saturated carbocycles. The van der Waals surface area contributed by atoms with Gasteiger partial charge in [0.25, 0.3) is 0 Å². The lowest BCUT2D eigenvalue weighted by atomic mass is 9.63. The van der Waals surface area contributed by atoms with Gasteiger partial charge in [-0.3, -0.25) is 9.59 Å². The highest BCUT2D eigenvalue weighted by Gasteiger charge is 2.62. The minimum absolute atomic E-state index is 0.162. The summed E-state index contributed by atoms with van der Waals surface area (Å²) in [5.74, 6) is -2.46. The SMILES string of the molecule is CC(N)CN.CC1(C(=O)O)C(Br)=C(Br)C(Br)=C(Br)C1(C)C(=O)O. The average molecular weight is 586 g/mol. The highest BCUT2D eigenvalue weighted by Crippen LogP contribution is 2.61. The molecule has 0 aliphatic heterocycles. The van der Waals surface area contributed by atoms with E-state index >= 15 is 0 Å². The van der Waals surface area contributed by atoms with Crippen LogP contribution in [0.15, 0.2) is 17.9 Å². The lowest BCUT2D eigenvalue weighted by molar-refractivity contribution is -0.163. The van der Waals surface area contributed by atoms with Crippen molar-refractivity contribution < 1.29 is 19.8 Å². The first kappa shape index (κ1) is 23.3. The van der Waals surface area contributed by atoms with Crippen LogP contribution in [0.2, 0.25) is 0 Å². The molecule has 6 N–H and O–H groups in total. The van der Waals surface area contributed by atoms with Gasteiger partial charge in [0.2, 0.25) is 0 Å². The molecule has 132 valence electrons. The molecule has 0 aromatic heterocycles. The Bertz CT molecular complexity index is 530. The fourth-order valence-corrected chi connectivity index (χ4v) is 4.94. The van der Waals surface area contributed by atoms with Gasteiger partial charge in [0, 0.05) is 30.5 Å². The minimum Gasteiger partial charge on any atom is -0.481 e. The summed E-state index contributed by atoms with van der Waals surface area (Å²) in [4.78, 5) is 23.2. The Morgan fingerprint density at radius 3 is 1.35 bits per heavy atom. The van der Waals surface area contributed by atoms with E-state index in [0.717, 1.165) is 0 Å². The summed E-state index contributed by atoms with van der Waals surface area (Å²) in [7, 11) is 0. The Morgan fingerprint density at radius 2 is 1.22 bits per heavy atom. The van der Waals surface area contributed by atoms with E-state index in [1.165, 1.54) is 13.8 Å². The first-order valence-corrected chi connectivity index (χ1v) is 9.51. The number of halogens is 4. The summed E-state index contributed by atoms with van der Waals surface area (Å²) >= 11 is 12.9. The molecule has 0 radical (unpaired) electrons. The average Bonchev–Trinajstić information content (AvgIpc) is 2.48. The second kappa shape index (κ2) is 8.57. The van der Waals surface area contributed by atoms with Crippen LogP contribution in [-0.2, 0) is 9.59 Å². The van der Waals surface area contributed by atoms with Crippen LogP contribution in [0.4, 0.5) is 0 Å². The van der Waals surface area contributed by atoms with Crippen LogP contribution in [0.5, 0.6) is 0 Å². The monoisotopic (exact) mass is 582 g/mol. The van der Waals surface area contributed by atoms with E-state index in [9.17, 15) is 19.8 Å². The van der Waals surface area contributed by atoms with Crippen LogP contribution < -0.4 is 11.5 Å². The number of rotatable bonds is 3. The normalized spacial score (nSPS) is 28.9.